The molecule has 0 spiro atoms. The fraction of sp³-hybridized carbons (Fsp3) is 0.462. The number of esters is 1. The van der Waals surface area contributed by atoms with Crippen molar-refractivity contribution in [3.8, 4) is 0 Å². The molecule has 1 fully saturated rings. The van der Waals surface area contributed by atoms with Crippen molar-refractivity contribution in [1.82, 2.24) is 9.55 Å². The number of nitrogens with zero attached hydrogens (tertiary/aromatic N) is 2. The molecule has 10 heteroatoms. The molecule has 0 saturated carbocycles. The molecule has 0 radical (unpaired) electrons. The van der Waals surface area contributed by atoms with E-state index < -0.39 is 42.8 Å². The number of aliphatic hydroxyl groups is 3. The first-order valence-electron chi connectivity index (χ1n) is 6.66. The lowest BCUT2D eigenvalue weighted by atomic mass is 10.1. The van der Waals surface area contributed by atoms with Gasteiger partial charge in [-0.25, -0.2) is 9.59 Å². The molecule has 0 aromatic carbocycles. The summed E-state index contributed by atoms with van der Waals surface area (Å²) < 4.78 is 10.6. The molecule has 1 saturated heterocycles. The zero-order valence-corrected chi connectivity index (χ0v) is 12.2. The zero-order valence-electron chi connectivity index (χ0n) is 12.2. The summed E-state index contributed by atoms with van der Waals surface area (Å²) in [5, 5.41) is 28.8. The van der Waals surface area contributed by atoms with Crippen molar-refractivity contribution in [3.63, 3.8) is 0 Å². The van der Waals surface area contributed by atoms with Crippen LogP contribution in [0.2, 0.25) is 0 Å². The Morgan fingerprint density at radius 1 is 1.52 bits per heavy atom. The largest absolute Gasteiger partial charge is 0.466 e. The van der Waals surface area contributed by atoms with Gasteiger partial charge >= 0.3 is 11.7 Å². The second-order valence-electron chi connectivity index (χ2n) is 4.86. The predicted molar refractivity (Wildman–Crippen MR) is 77.0 cm³/mol. The molecule has 1 aromatic heterocycles. The highest BCUT2D eigenvalue weighted by Gasteiger charge is 2.43. The lowest BCUT2D eigenvalue weighted by molar-refractivity contribution is -0.134. The van der Waals surface area contributed by atoms with Crippen LogP contribution in [0.3, 0.4) is 0 Å². The maximum Gasteiger partial charge on any atom is 0.351 e. The van der Waals surface area contributed by atoms with Gasteiger partial charge in [0.25, 0.3) is 0 Å². The van der Waals surface area contributed by atoms with Crippen LogP contribution in [-0.4, -0.2) is 62.9 Å². The lowest BCUT2D eigenvalue weighted by Gasteiger charge is -2.18. The molecule has 2 rings (SSSR count). The van der Waals surface area contributed by atoms with Crippen LogP contribution in [0, 0.1) is 0 Å². The Hall–Kier alpha value is -2.27. The Bertz CT molecular complexity index is 672. The molecule has 0 aliphatic carbocycles. The van der Waals surface area contributed by atoms with Crippen molar-refractivity contribution in [2.75, 3.05) is 19.5 Å². The van der Waals surface area contributed by atoms with Crippen LogP contribution < -0.4 is 11.4 Å². The van der Waals surface area contributed by atoms with Gasteiger partial charge in [0.2, 0.25) is 0 Å². The molecule has 10 nitrogen and oxygen atoms in total. The summed E-state index contributed by atoms with van der Waals surface area (Å²) in [6, 6.07) is 0. The average Bonchev–Trinajstić information content (AvgIpc) is 2.81. The number of hydrogen-bond donors (Lipinski definition) is 4. The van der Waals surface area contributed by atoms with E-state index >= 15 is 0 Å². The first kappa shape index (κ1) is 17.1. The maximum atomic E-state index is 11.9. The maximum absolute atomic E-state index is 11.9. The second-order valence-corrected chi connectivity index (χ2v) is 4.86. The fourth-order valence-corrected chi connectivity index (χ4v) is 2.14. The molecule has 4 unspecified atom stereocenters. The van der Waals surface area contributed by atoms with Crippen LogP contribution in [0.5, 0.6) is 0 Å². The average molecular weight is 327 g/mol. The molecule has 2 heterocycles. The van der Waals surface area contributed by atoms with Crippen molar-refractivity contribution >= 4 is 17.9 Å². The van der Waals surface area contributed by atoms with E-state index in [4.69, 9.17) is 15.6 Å². The number of rotatable bonds is 4. The van der Waals surface area contributed by atoms with Gasteiger partial charge in [-0.3, -0.25) is 4.57 Å². The van der Waals surface area contributed by atoms with Crippen LogP contribution in [0.1, 0.15) is 11.8 Å². The molecule has 5 N–H and O–H groups in total. The van der Waals surface area contributed by atoms with Crippen molar-refractivity contribution in [2.24, 2.45) is 0 Å². The Kier molecular flexibility index (Phi) is 5.11. The molecule has 23 heavy (non-hydrogen) atoms. The quantitative estimate of drug-likeness (QED) is 0.350. The summed E-state index contributed by atoms with van der Waals surface area (Å²) in [5.41, 5.74) is 5.01. The first-order valence-corrected chi connectivity index (χ1v) is 6.66. The number of carbonyl (C=O) groups excluding carboxylic acids is 1. The number of aliphatic hydroxyl groups excluding tert-OH is 3. The van der Waals surface area contributed by atoms with E-state index in [0.717, 1.165) is 10.6 Å². The van der Waals surface area contributed by atoms with Crippen LogP contribution in [0.4, 0.5) is 5.82 Å². The van der Waals surface area contributed by atoms with Crippen molar-refractivity contribution in [3.05, 3.63) is 28.3 Å². The van der Waals surface area contributed by atoms with E-state index in [0.29, 0.717) is 0 Å². The fourth-order valence-electron chi connectivity index (χ4n) is 2.14. The third-order valence-corrected chi connectivity index (χ3v) is 3.40. The van der Waals surface area contributed by atoms with Gasteiger partial charge in [-0.05, 0) is 6.08 Å². The normalized spacial score (nSPS) is 27.5. The smallest absolute Gasteiger partial charge is 0.351 e. The minimum atomic E-state index is -1.44. The Morgan fingerprint density at radius 3 is 2.78 bits per heavy atom. The number of aromatic nitrogens is 2. The molecule has 1 aromatic rings. The standard InChI is InChI=1S/C13H17N3O7/c1-22-8(18)3-2-6-4-16(13(21)15-11(6)14)12-10(20)9(19)7(5-17)23-12/h2-4,7,9-10,12,17,19-20H,5H2,1H3,(H2,14,15,21). The Morgan fingerprint density at radius 2 is 2.22 bits per heavy atom. The number of anilines is 1. The predicted octanol–water partition coefficient (Wildman–Crippen LogP) is -2.38. The SMILES string of the molecule is COC(=O)C=Cc1cn(C2OC(CO)C(O)C2O)c(=O)nc1N. The summed E-state index contributed by atoms with van der Waals surface area (Å²) >= 11 is 0. The number of nitrogen functional groups attached to an aromatic ring is 1. The number of methoxy groups -OCH3 is 1. The van der Waals surface area contributed by atoms with Gasteiger partial charge in [0.1, 0.15) is 24.1 Å². The van der Waals surface area contributed by atoms with E-state index in [2.05, 4.69) is 9.72 Å². The number of hydrogen-bond acceptors (Lipinski definition) is 9. The highest BCUT2D eigenvalue weighted by molar-refractivity contribution is 5.87. The first-order chi connectivity index (χ1) is 10.9. The van der Waals surface area contributed by atoms with Crippen LogP contribution in [0.25, 0.3) is 6.08 Å². The van der Waals surface area contributed by atoms with Crippen LogP contribution >= 0.6 is 0 Å². The minimum absolute atomic E-state index is 0.127. The van der Waals surface area contributed by atoms with Gasteiger partial charge in [-0.2, -0.15) is 4.98 Å². The molecule has 0 amide bonds. The summed E-state index contributed by atoms with van der Waals surface area (Å²) in [4.78, 5) is 26.6. The highest BCUT2D eigenvalue weighted by atomic mass is 16.6. The van der Waals surface area contributed by atoms with E-state index in [1.165, 1.54) is 19.4 Å². The van der Waals surface area contributed by atoms with E-state index in [-0.39, 0.29) is 11.4 Å². The molecule has 126 valence electrons. The third-order valence-electron chi connectivity index (χ3n) is 3.40. The number of nitrogens with two attached hydrogens (primary N) is 1. The molecule has 1 aliphatic heterocycles. The Balaban J connectivity index is 2.38. The summed E-state index contributed by atoms with van der Waals surface area (Å²) in [7, 11) is 1.20. The van der Waals surface area contributed by atoms with Gasteiger partial charge in [0, 0.05) is 17.8 Å². The van der Waals surface area contributed by atoms with Crippen molar-refractivity contribution in [1.29, 1.82) is 0 Å². The topological polar surface area (TPSA) is 157 Å². The van der Waals surface area contributed by atoms with Gasteiger partial charge in [0.15, 0.2) is 6.23 Å². The van der Waals surface area contributed by atoms with Gasteiger partial charge in [0.05, 0.1) is 13.7 Å². The zero-order chi connectivity index (χ0) is 17.1. The van der Waals surface area contributed by atoms with Gasteiger partial charge in [-0.1, -0.05) is 0 Å². The molecule has 4 atom stereocenters. The lowest BCUT2D eigenvalue weighted by Crippen LogP contribution is -2.36. The van der Waals surface area contributed by atoms with Crippen molar-refractivity contribution in [2.45, 2.75) is 24.5 Å². The third kappa shape index (κ3) is 3.40. The summed E-state index contributed by atoms with van der Waals surface area (Å²) in [6.45, 7) is -0.527. The van der Waals surface area contributed by atoms with E-state index in [1.807, 2.05) is 0 Å². The minimum Gasteiger partial charge on any atom is -0.466 e. The highest BCUT2D eigenvalue weighted by Crippen LogP contribution is 2.28. The molecule has 0 bridgehead atoms. The van der Waals surface area contributed by atoms with E-state index in [1.54, 1.807) is 0 Å². The molecule has 1 aliphatic rings. The Labute approximate surface area is 130 Å². The second kappa shape index (κ2) is 6.87. The van der Waals surface area contributed by atoms with Crippen LogP contribution in [0.15, 0.2) is 17.1 Å². The van der Waals surface area contributed by atoms with E-state index in [9.17, 15) is 19.8 Å². The molecular formula is C13H17N3O7. The number of carbonyl (C=O) groups is 1. The summed E-state index contributed by atoms with van der Waals surface area (Å²) in [5.74, 6) is -0.756. The van der Waals surface area contributed by atoms with Crippen LogP contribution in [-0.2, 0) is 14.3 Å². The van der Waals surface area contributed by atoms with Gasteiger partial charge < -0.3 is 30.5 Å². The molecular weight excluding hydrogens is 310 g/mol. The number of ether oxygens (including phenoxy) is 2. The van der Waals surface area contributed by atoms with Crippen molar-refractivity contribution < 1.29 is 29.6 Å². The van der Waals surface area contributed by atoms with Gasteiger partial charge in [-0.15, -0.1) is 0 Å². The monoisotopic (exact) mass is 327 g/mol. The summed E-state index contributed by atoms with van der Waals surface area (Å²) in [6.07, 6.45) is -1.48.